The fourth-order valence-corrected chi connectivity index (χ4v) is 1.98. The lowest BCUT2D eigenvalue weighted by Crippen LogP contribution is -2.35. The van der Waals surface area contributed by atoms with E-state index < -0.39 is 6.55 Å². The van der Waals surface area contributed by atoms with Crippen LogP contribution in [0.3, 0.4) is 0 Å². The Kier molecular flexibility index (Phi) is 3.73. The van der Waals surface area contributed by atoms with Crippen molar-refractivity contribution in [1.82, 2.24) is 14.9 Å². The van der Waals surface area contributed by atoms with E-state index in [1.165, 1.54) is 0 Å². The summed E-state index contributed by atoms with van der Waals surface area (Å²) in [7, 11) is 0. The average Bonchev–Trinajstić information content (AvgIpc) is 2.28. The number of halogens is 3. The quantitative estimate of drug-likeness (QED) is 0.618. The highest BCUT2D eigenvalue weighted by atomic mass is 35.5. The molecule has 1 aliphatic rings. The molecule has 4 nitrogen and oxygen atoms in total. The molecule has 0 amide bonds. The molecule has 1 aromatic rings. The van der Waals surface area contributed by atoms with Crippen molar-refractivity contribution in [3.63, 3.8) is 0 Å². The smallest absolute Gasteiger partial charge is 0.295 e. The molecule has 7 heteroatoms. The predicted molar refractivity (Wildman–Crippen MR) is 58.3 cm³/mol. The van der Waals surface area contributed by atoms with Crippen LogP contribution < -0.4 is 4.74 Å². The lowest BCUT2D eigenvalue weighted by Gasteiger charge is -2.27. The van der Waals surface area contributed by atoms with Gasteiger partial charge in [0.2, 0.25) is 11.2 Å². The third kappa shape index (κ3) is 2.63. The van der Waals surface area contributed by atoms with Crippen LogP contribution in [-0.4, -0.2) is 34.6 Å². The second-order valence-electron chi connectivity index (χ2n) is 3.65. The lowest BCUT2D eigenvalue weighted by atomic mass is 10.1. The minimum absolute atomic E-state index is 0.0951. The van der Waals surface area contributed by atoms with E-state index in [4.69, 9.17) is 16.3 Å². The summed E-state index contributed by atoms with van der Waals surface area (Å²) in [6.07, 6.45) is 0.433. The second kappa shape index (κ2) is 5.10. The first kappa shape index (κ1) is 12.4. The van der Waals surface area contributed by atoms with Gasteiger partial charge in [0.1, 0.15) is 0 Å². The van der Waals surface area contributed by atoms with E-state index in [9.17, 15) is 8.78 Å². The monoisotopic (exact) mass is 263 g/mol. The summed E-state index contributed by atoms with van der Waals surface area (Å²) in [5.41, 5.74) is 1.31. The SMILES string of the molecule is CCOc1nc(Cl)nc2c1CN(C(F)F)CC2. The summed E-state index contributed by atoms with van der Waals surface area (Å²) < 4.78 is 30.6. The molecule has 0 unspecified atom stereocenters. The maximum absolute atomic E-state index is 12.6. The summed E-state index contributed by atoms with van der Waals surface area (Å²) in [6, 6.07) is 0. The highest BCUT2D eigenvalue weighted by Gasteiger charge is 2.27. The Morgan fingerprint density at radius 3 is 2.88 bits per heavy atom. The van der Waals surface area contributed by atoms with Gasteiger partial charge in [-0.2, -0.15) is 13.8 Å². The van der Waals surface area contributed by atoms with E-state index in [-0.39, 0.29) is 18.4 Å². The van der Waals surface area contributed by atoms with Crippen molar-refractivity contribution in [3.05, 3.63) is 16.5 Å². The molecular weight excluding hydrogens is 252 g/mol. The van der Waals surface area contributed by atoms with Crippen molar-refractivity contribution >= 4 is 11.6 Å². The number of hydrogen-bond acceptors (Lipinski definition) is 4. The van der Waals surface area contributed by atoms with E-state index in [0.717, 1.165) is 4.90 Å². The van der Waals surface area contributed by atoms with E-state index >= 15 is 0 Å². The Morgan fingerprint density at radius 2 is 2.24 bits per heavy atom. The first-order valence-electron chi connectivity index (χ1n) is 5.32. The predicted octanol–water partition coefficient (Wildman–Crippen LogP) is 2.11. The molecule has 0 aromatic carbocycles. The molecule has 0 N–H and O–H groups in total. The van der Waals surface area contributed by atoms with Crippen molar-refractivity contribution in [3.8, 4) is 5.88 Å². The molecule has 2 heterocycles. The third-order valence-corrected chi connectivity index (χ3v) is 2.75. The molecule has 0 bridgehead atoms. The molecule has 1 aliphatic heterocycles. The molecule has 0 spiro atoms. The number of alkyl halides is 2. The average molecular weight is 264 g/mol. The fourth-order valence-electron chi connectivity index (χ4n) is 1.80. The highest BCUT2D eigenvalue weighted by molar-refractivity contribution is 6.28. The van der Waals surface area contributed by atoms with E-state index in [0.29, 0.717) is 30.2 Å². The van der Waals surface area contributed by atoms with Crippen molar-refractivity contribution in [1.29, 1.82) is 0 Å². The van der Waals surface area contributed by atoms with Gasteiger partial charge in [-0.1, -0.05) is 0 Å². The number of fused-ring (bicyclic) bond motifs is 1. The zero-order chi connectivity index (χ0) is 12.4. The number of hydrogen-bond donors (Lipinski definition) is 0. The van der Waals surface area contributed by atoms with Gasteiger partial charge in [-0.05, 0) is 18.5 Å². The molecule has 94 valence electrons. The molecule has 0 saturated carbocycles. The third-order valence-electron chi connectivity index (χ3n) is 2.58. The molecular formula is C10H12ClF2N3O. The first-order valence-corrected chi connectivity index (χ1v) is 5.70. The Balaban J connectivity index is 2.33. The highest BCUT2D eigenvalue weighted by Crippen LogP contribution is 2.28. The minimum Gasteiger partial charge on any atom is -0.478 e. The molecule has 0 radical (unpaired) electrons. The molecule has 17 heavy (non-hydrogen) atoms. The van der Waals surface area contributed by atoms with Gasteiger partial charge in [-0.15, -0.1) is 0 Å². The maximum Gasteiger partial charge on any atom is 0.295 e. The van der Waals surface area contributed by atoms with Crippen molar-refractivity contribution in [2.24, 2.45) is 0 Å². The van der Waals surface area contributed by atoms with Crippen LogP contribution in [-0.2, 0) is 13.0 Å². The number of nitrogens with zero attached hydrogens (tertiary/aromatic N) is 3. The van der Waals surface area contributed by atoms with E-state index in [1.807, 2.05) is 0 Å². The Hall–Kier alpha value is -1.01. The topological polar surface area (TPSA) is 38.3 Å². The Morgan fingerprint density at radius 1 is 1.47 bits per heavy atom. The zero-order valence-corrected chi connectivity index (χ0v) is 10.0. The molecule has 2 rings (SSSR count). The fraction of sp³-hybridized carbons (Fsp3) is 0.600. The summed E-state index contributed by atoms with van der Waals surface area (Å²) in [6.45, 7) is 0.0986. The molecule has 0 atom stereocenters. The van der Waals surface area contributed by atoms with Gasteiger partial charge in [0.15, 0.2) is 0 Å². The summed E-state index contributed by atoms with van der Waals surface area (Å²) >= 11 is 5.75. The largest absolute Gasteiger partial charge is 0.478 e. The number of aromatic nitrogens is 2. The minimum atomic E-state index is -2.48. The first-order chi connectivity index (χ1) is 8.11. The molecule has 0 saturated heterocycles. The second-order valence-corrected chi connectivity index (χ2v) is 3.99. The van der Waals surface area contributed by atoms with Crippen molar-refractivity contribution in [2.45, 2.75) is 26.4 Å². The molecule has 0 fully saturated rings. The molecule has 0 aliphatic carbocycles. The van der Waals surface area contributed by atoms with Gasteiger partial charge in [-0.3, -0.25) is 0 Å². The zero-order valence-electron chi connectivity index (χ0n) is 9.29. The van der Waals surface area contributed by atoms with Crippen molar-refractivity contribution < 1.29 is 13.5 Å². The maximum atomic E-state index is 12.6. The summed E-state index contributed by atoms with van der Waals surface area (Å²) in [5, 5.41) is 0.0951. The Labute approximate surface area is 103 Å². The van der Waals surface area contributed by atoms with Crippen LogP contribution in [0, 0.1) is 0 Å². The van der Waals surface area contributed by atoms with Gasteiger partial charge in [0.25, 0.3) is 6.55 Å². The van der Waals surface area contributed by atoms with Crippen molar-refractivity contribution in [2.75, 3.05) is 13.2 Å². The van der Waals surface area contributed by atoms with Crippen LogP contribution in [0.5, 0.6) is 5.88 Å². The van der Waals surface area contributed by atoms with Gasteiger partial charge < -0.3 is 4.74 Å². The van der Waals surface area contributed by atoms with Gasteiger partial charge in [0.05, 0.1) is 17.9 Å². The van der Waals surface area contributed by atoms with Gasteiger partial charge >= 0.3 is 0 Å². The van der Waals surface area contributed by atoms with E-state index in [2.05, 4.69) is 9.97 Å². The summed E-state index contributed by atoms with van der Waals surface area (Å²) in [4.78, 5) is 9.04. The number of rotatable bonds is 3. The Bertz CT molecular complexity index is 417. The van der Waals surface area contributed by atoms with Crippen LogP contribution in [0.15, 0.2) is 0 Å². The lowest BCUT2D eigenvalue weighted by molar-refractivity contribution is -0.0365. The summed E-state index contributed by atoms with van der Waals surface area (Å²) in [5.74, 6) is 0.313. The standard InChI is InChI=1S/C10H12ClF2N3O/c1-2-17-8-6-5-16(10(12)13)4-3-7(6)14-9(11)15-8/h10H,2-5H2,1H3. The van der Waals surface area contributed by atoms with Gasteiger partial charge in [-0.25, -0.2) is 9.88 Å². The van der Waals surface area contributed by atoms with Crippen LogP contribution >= 0.6 is 11.6 Å². The van der Waals surface area contributed by atoms with Crippen LogP contribution in [0.2, 0.25) is 5.28 Å². The van der Waals surface area contributed by atoms with Crippen LogP contribution in [0.1, 0.15) is 18.2 Å². The normalized spacial score (nSPS) is 16.1. The molecule has 1 aromatic heterocycles. The van der Waals surface area contributed by atoms with Gasteiger partial charge in [0, 0.05) is 19.5 Å². The number of ether oxygens (including phenoxy) is 1. The van der Waals surface area contributed by atoms with Crippen LogP contribution in [0.25, 0.3) is 0 Å². The van der Waals surface area contributed by atoms with Crippen LogP contribution in [0.4, 0.5) is 8.78 Å². The van der Waals surface area contributed by atoms with E-state index in [1.54, 1.807) is 6.92 Å².